The number of likely N-dealkylation sites (tertiary alicyclic amines) is 1. The molecule has 0 radical (unpaired) electrons. The first-order valence-corrected chi connectivity index (χ1v) is 12.2. The first-order chi connectivity index (χ1) is 17.5. The molecular weight excluding hydrogens is 536 g/mol. The van der Waals surface area contributed by atoms with Gasteiger partial charge in [-0.15, -0.1) is 0 Å². The van der Waals surface area contributed by atoms with Crippen molar-refractivity contribution in [3.63, 3.8) is 0 Å². The lowest BCUT2D eigenvalue weighted by atomic mass is 10.1. The molecule has 1 amide bonds. The molecule has 1 fully saturated rings. The Kier molecular flexibility index (Phi) is 6.48. The normalized spacial score (nSPS) is 21.3. The van der Waals surface area contributed by atoms with Crippen LogP contribution in [0.25, 0.3) is 17.0 Å². The number of carbonyl (C=O) groups is 2. The van der Waals surface area contributed by atoms with Gasteiger partial charge in [0.2, 0.25) is 0 Å². The largest absolute Gasteiger partial charge is 0.480 e. The number of hydrogen-bond donors (Lipinski definition) is 1. The van der Waals surface area contributed by atoms with Crippen molar-refractivity contribution in [1.29, 1.82) is 0 Å². The van der Waals surface area contributed by atoms with Crippen LogP contribution >= 0.6 is 23.4 Å². The number of amidine groups is 1. The van der Waals surface area contributed by atoms with Gasteiger partial charge in [0.25, 0.3) is 5.91 Å². The average molecular weight is 553 g/mol. The highest BCUT2D eigenvalue weighted by Crippen LogP contribution is 2.36. The number of nitrogens with zero attached hydrogens (tertiary/aromatic N) is 4. The highest BCUT2D eigenvalue weighted by atomic mass is 35.5. The molecule has 13 heteroatoms. The molecule has 37 heavy (non-hydrogen) atoms. The van der Waals surface area contributed by atoms with Crippen LogP contribution in [0.1, 0.15) is 23.1 Å². The Bertz CT molecular complexity index is 1490. The summed E-state index contributed by atoms with van der Waals surface area (Å²) >= 11 is 6.73. The van der Waals surface area contributed by atoms with Crippen molar-refractivity contribution in [2.45, 2.75) is 31.4 Å². The number of carboxylic acid groups (broad SMARTS) is 1. The Balaban J connectivity index is 1.37. The van der Waals surface area contributed by atoms with Crippen molar-refractivity contribution in [2.24, 2.45) is 4.99 Å². The standard InChI is InChI=1S/C24H17ClF4N4O3S/c25-15-3-2-13(17(7-15)24(27,28)29)10-33-18-4-1-12(5-14(18)9-30-33)6-20-21(34)31-23(37-20)32-11-16(26)8-19(32)22(35)36/h1-7,9,16,19H,8,10-11H2,(H,35,36). The molecular formula is C24H17ClF4N4O3S. The van der Waals surface area contributed by atoms with E-state index in [0.717, 1.165) is 17.8 Å². The van der Waals surface area contributed by atoms with Crippen LogP contribution < -0.4 is 0 Å². The molecule has 0 bridgehead atoms. The van der Waals surface area contributed by atoms with Crippen LogP contribution in [-0.2, 0) is 22.3 Å². The smallest absolute Gasteiger partial charge is 0.416 e. The molecule has 192 valence electrons. The molecule has 0 aliphatic carbocycles. The number of halogens is 5. The Morgan fingerprint density at radius 3 is 2.76 bits per heavy atom. The van der Waals surface area contributed by atoms with E-state index in [9.17, 15) is 32.3 Å². The van der Waals surface area contributed by atoms with Crippen molar-refractivity contribution < 1.29 is 32.3 Å². The van der Waals surface area contributed by atoms with E-state index in [1.165, 1.54) is 27.9 Å². The SMILES string of the molecule is O=C1N=C(N2CC(F)CC2C(=O)O)SC1=Cc1ccc2c(cnn2Cc2ccc(Cl)cc2C(F)(F)F)c1. The summed E-state index contributed by atoms with van der Waals surface area (Å²) in [6.07, 6.45) is -3.00. The minimum absolute atomic E-state index is 0.0155. The number of thioether (sulfide) groups is 1. The van der Waals surface area contributed by atoms with E-state index >= 15 is 0 Å². The number of hydrogen-bond acceptors (Lipinski definition) is 5. The van der Waals surface area contributed by atoms with Gasteiger partial charge in [0.05, 0.1) is 35.3 Å². The molecule has 2 unspecified atom stereocenters. The van der Waals surface area contributed by atoms with Gasteiger partial charge >= 0.3 is 12.1 Å². The molecule has 1 aromatic heterocycles. The molecule has 2 aliphatic rings. The van der Waals surface area contributed by atoms with Gasteiger partial charge in [-0.25, -0.2) is 9.18 Å². The molecule has 7 nitrogen and oxygen atoms in total. The molecule has 2 aliphatic heterocycles. The van der Waals surface area contributed by atoms with Gasteiger partial charge in [-0.05, 0) is 53.2 Å². The van der Waals surface area contributed by atoms with E-state index in [1.807, 2.05) is 0 Å². The van der Waals surface area contributed by atoms with Gasteiger partial charge < -0.3 is 10.0 Å². The van der Waals surface area contributed by atoms with Crippen molar-refractivity contribution in [1.82, 2.24) is 14.7 Å². The van der Waals surface area contributed by atoms with Crippen LogP contribution in [0, 0.1) is 0 Å². The number of rotatable bonds is 4. The fourth-order valence-electron chi connectivity index (χ4n) is 4.34. The number of carboxylic acids is 1. The Labute approximate surface area is 216 Å². The third kappa shape index (κ3) is 5.08. The summed E-state index contributed by atoms with van der Waals surface area (Å²) in [6, 6.07) is 7.58. The molecule has 0 spiro atoms. The number of aromatic nitrogens is 2. The number of benzene rings is 2. The van der Waals surface area contributed by atoms with E-state index in [1.54, 1.807) is 24.3 Å². The first kappa shape index (κ1) is 25.3. The van der Waals surface area contributed by atoms with Crippen molar-refractivity contribution in [2.75, 3.05) is 6.54 Å². The molecule has 3 aromatic rings. The van der Waals surface area contributed by atoms with Crippen LogP contribution in [0.5, 0.6) is 0 Å². The van der Waals surface area contributed by atoms with Gasteiger partial charge in [-0.3, -0.25) is 9.48 Å². The highest BCUT2D eigenvalue weighted by molar-refractivity contribution is 8.18. The van der Waals surface area contributed by atoms with Crippen LogP contribution in [-0.4, -0.2) is 55.6 Å². The van der Waals surface area contributed by atoms with Crippen LogP contribution in [0.4, 0.5) is 17.6 Å². The second-order valence-electron chi connectivity index (χ2n) is 8.57. The fourth-order valence-corrected chi connectivity index (χ4v) is 5.48. The summed E-state index contributed by atoms with van der Waals surface area (Å²) in [5.74, 6) is -1.75. The molecule has 2 aromatic carbocycles. The zero-order valence-corrected chi connectivity index (χ0v) is 20.3. The van der Waals surface area contributed by atoms with E-state index < -0.39 is 35.8 Å². The number of aliphatic imine (C=N–C) groups is 1. The minimum atomic E-state index is -4.57. The van der Waals surface area contributed by atoms with E-state index in [0.29, 0.717) is 16.5 Å². The van der Waals surface area contributed by atoms with Crippen LogP contribution in [0.2, 0.25) is 5.02 Å². The Morgan fingerprint density at radius 1 is 1.24 bits per heavy atom. The predicted octanol–water partition coefficient (Wildman–Crippen LogP) is 5.22. The van der Waals surface area contributed by atoms with Crippen LogP contribution in [0.3, 0.4) is 0 Å². The summed E-state index contributed by atoms with van der Waals surface area (Å²) in [5, 5.41) is 14.3. The maximum atomic E-state index is 13.8. The predicted molar refractivity (Wildman–Crippen MR) is 131 cm³/mol. The number of amides is 1. The molecule has 3 heterocycles. The second-order valence-corrected chi connectivity index (χ2v) is 10.0. The average Bonchev–Trinajstić information content (AvgIpc) is 3.51. The van der Waals surface area contributed by atoms with Crippen molar-refractivity contribution >= 4 is 57.4 Å². The van der Waals surface area contributed by atoms with Gasteiger partial charge in [0.1, 0.15) is 12.2 Å². The molecule has 5 rings (SSSR count). The van der Waals surface area contributed by atoms with Gasteiger partial charge in [0.15, 0.2) is 5.17 Å². The molecule has 1 N–H and O–H groups in total. The lowest BCUT2D eigenvalue weighted by Gasteiger charge is -2.21. The van der Waals surface area contributed by atoms with Crippen molar-refractivity contribution in [3.05, 3.63) is 69.2 Å². The minimum Gasteiger partial charge on any atom is -0.480 e. The van der Waals surface area contributed by atoms with E-state index in [4.69, 9.17) is 11.6 Å². The van der Waals surface area contributed by atoms with Crippen molar-refractivity contribution in [3.8, 4) is 0 Å². The summed E-state index contributed by atoms with van der Waals surface area (Å²) in [7, 11) is 0. The lowest BCUT2D eigenvalue weighted by Crippen LogP contribution is -2.38. The quantitative estimate of drug-likeness (QED) is 0.352. The van der Waals surface area contributed by atoms with E-state index in [-0.39, 0.29) is 40.2 Å². The lowest BCUT2D eigenvalue weighted by molar-refractivity contribution is -0.141. The topological polar surface area (TPSA) is 87.8 Å². The zero-order chi connectivity index (χ0) is 26.5. The zero-order valence-electron chi connectivity index (χ0n) is 18.7. The van der Waals surface area contributed by atoms with Crippen LogP contribution in [0.15, 0.2) is 52.5 Å². The van der Waals surface area contributed by atoms with Gasteiger partial charge in [0, 0.05) is 16.8 Å². The molecule has 2 atom stereocenters. The third-order valence-electron chi connectivity index (χ3n) is 6.05. The van der Waals surface area contributed by atoms with Gasteiger partial charge in [-0.2, -0.15) is 23.3 Å². The summed E-state index contributed by atoms with van der Waals surface area (Å²) in [4.78, 5) is 29.3. The van der Waals surface area contributed by atoms with Gasteiger partial charge in [-0.1, -0.05) is 23.7 Å². The number of carbonyl (C=O) groups excluding carboxylic acids is 1. The maximum absolute atomic E-state index is 13.8. The Morgan fingerprint density at radius 2 is 2.03 bits per heavy atom. The fraction of sp³-hybridized carbons (Fsp3) is 0.250. The number of fused-ring (bicyclic) bond motifs is 1. The monoisotopic (exact) mass is 552 g/mol. The Hall–Kier alpha value is -3.38. The molecule has 0 saturated carbocycles. The second kappa shape index (κ2) is 9.49. The number of alkyl halides is 4. The third-order valence-corrected chi connectivity index (χ3v) is 7.31. The summed E-state index contributed by atoms with van der Waals surface area (Å²) in [5.41, 5.74) is 0.381. The maximum Gasteiger partial charge on any atom is 0.416 e. The summed E-state index contributed by atoms with van der Waals surface area (Å²) < 4.78 is 55.7. The first-order valence-electron chi connectivity index (χ1n) is 11.0. The highest BCUT2D eigenvalue weighted by Gasteiger charge is 2.41. The summed E-state index contributed by atoms with van der Waals surface area (Å²) in [6.45, 7) is -0.282. The molecule has 1 saturated heterocycles. The van der Waals surface area contributed by atoms with E-state index in [2.05, 4.69) is 10.1 Å². The number of aliphatic carboxylic acids is 1.